The molecule has 3 aromatic rings. The van der Waals surface area contributed by atoms with Crippen molar-refractivity contribution in [2.24, 2.45) is 5.92 Å². The lowest BCUT2D eigenvalue weighted by Crippen LogP contribution is -2.45. The molecule has 2 aliphatic rings. The van der Waals surface area contributed by atoms with Crippen LogP contribution in [0.2, 0.25) is 0 Å². The van der Waals surface area contributed by atoms with Gasteiger partial charge in [-0.15, -0.1) is 0 Å². The Hall–Kier alpha value is -2.85. The van der Waals surface area contributed by atoms with Gasteiger partial charge in [-0.1, -0.05) is 22.0 Å². The molecule has 10 heteroatoms. The van der Waals surface area contributed by atoms with Crippen molar-refractivity contribution in [1.82, 2.24) is 24.8 Å². The van der Waals surface area contributed by atoms with E-state index in [1.165, 1.54) is 6.33 Å². The van der Waals surface area contributed by atoms with Crippen molar-refractivity contribution in [1.29, 1.82) is 0 Å². The van der Waals surface area contributed by atoms with Gasteiger partial charge in [-0.3, -0.25) is 4.79 Å². The van der Waals surface area contributed by atoms with Gasteiger partial charge in [0.05, 0.1) is 19.4 Å². The SMILES string of the molecule is O=C(C1CCC(Nc2ncc3ncnc(Nc4cccc(Br)c4)c3n2)CC1)N1CCOCC1. The average Bonchev–Trinajstić information content (AvgIpc) is 2.85. The lowest BCUT2D eigenvalue weighted by Gasteiger charge is -2.34. The van der Waals surface area contributed by atoms with Crippen molar-refractivity contribution in [3.05, 3.63) is 41.3 Å². The molecule has 1 amide bonds. The van der Waals surface area contributed by atoms with E-state index in [4.69, 9.17) is 9.72 Å². The molecule has 2 N–H and O–H groups in total. The fraction of sp³-hybridized carbons (Fsp3) is 0.435. The van der Waals surface area contributed by atoms with Crippen molar-refractivity contribution in [3.63, 3.8) is 0 Å². The zero-order valence-electron chi connectivity index (χ0n) is 18.2. The highest BCUT2D eigenvalue weighted by molar-refractivity contribution is 9.10. The van der Waals surface area contributed by atoms with Crippen LogP contribution in [-0.2, 0) is 9.53 Å². The van der Waals surface area contributed by atoms with Crippen LogP contribution in [0.25, 0.3) is 11.0 Å². The van der Waals surface area contributed by atoms with Gasteiger partial charge in [-0.2, -0.15) is 0 Å². The predicted molar refractivity (Wildman–Crippen MR) is 129 cm³/mol. The topological polar surface area (TPSA) is 105 Å². The zero-order chi connectivity index (χ0) is 22.6. The second-order valence-corrected chi connectivity index (χ2v) is 9.33. The molecular weight excluding hydrogens is 486 g/mol. The number of rotatable bonds is 5. The third kappa shape index (κ3) is 5.22. The molecule has 0 radical (unpaired) electrons. The first-order valence-corrected chi connectivity index (χ1v) is 12.1. The highest BCUT2D eigenvalue weighted by Gasteiger charge is 2.30. The van der Waals surface area contributed by atoms with E-state index >= 15 is 0 Å². The number of morpholine rings is 1. The fourth-order valence-corrected chi connectivity index (χ4v) is 4.83. The number of nitrogens with zero attached hydrogens (tertiary/aromatic N) is 5. The fourth-order valence-electron chi connectivity index (χ4n) is 4.43. The second kappa shape index (κ2) is 9.96. The first-order chi connectivity index (χ1) is 16.2. The Morgan fingerprint density at radius 3 is 2.70 bits per heavy atom. The van der Waals surface area contributed by atoms with E-state index in [-0.39, 0.29) is 17.9 Å². The monoisotopic (exact) mass is 511 g/mol. The van der Waals surface area contributed by atoms with Gasteiger partial charge in [0.2, 0.25) is 11.9 Å². The van der Waals surface area contributed by atoms with Crippen LogP contribution >= 0.6 is 15.9 Å². The van der Waals surface area contributed by atoms with E-state index in [1.807, 2.05) is 29.2 Å². The standard InChI is InChI=1S/C23H26BrN7O2/c24-16-2-1-3-18(12-16)28-21-20-19(26-14-27-21)13-25-23(30-20)29-17-6-4-15(5-7-17)22(32)31-8-10-33-11-9-31/h1-3,12-15,17H,4-11H2,(H,25,29,30)(H,26,27,28). The minimum absolute atomic E-state index is 0.105. The van der Waals surface area contributed by atoms with Crippen LogP contribution in [0, 0.1) is 5.92 Å². The molecule has 2 fully saturated rings. The summed E-state index contributed by atoms with van der Waals surface area (Å²) < 4.78 is 6.34. The highest BCUT2D eigenvalue weighted by Crippen LogP contribution is 2.29. The van der Waals surface area contributed by atoms with E-state index in [2.05, 4.69) is 41.5 Å². The smallest absolute Gasteiger partial charge is 0.225 e. The minimum atomic E-state index is 0.105. The number of aromatic nitrogens is 4. The van der Waals surface area contributed by atoms with E-state index < -0.39 is 0 Å². The van der Waals surface area contributed by atoms with Gasteiger partial charge in [0.15, 0.2) is 5.82 Å². The quantitative estimate of drug-likeness (QED) is 0.533. The number of fused-ring (bicyclic) bond motifs is 1. The van der Waals surface area contributed by atoms with Crippen molar-refractivity contribution < 1.29 is 9.53 Å². The number of ether oxygens (including phenoxy) is 1. The van der Waals surface area contributed by atoms with Gasteiger partial charge in [-0.05, 0) is 43.9 Å². The highest BCUT2D eigenvalue weighted by atomic mass is 79.9. The summed E-state index contributed by atoms with van der Waals surface area (Å²) in [6, 6.07) is 8.11. The molecule has 1 aliphatic heterocycles. The number of carbonyl (C=O) groups excluding carboxylic acids is 1. The summed E-state index contributed by atoms with van der Waals surface area (Å²) in [6.07, 6.45) is 6.80. The maximum Gasteiger partial charge on any atom is 0.225 e. The molecule has 33 heavy (non-hydrogen) atoms. The molecule has 1 saturated heterocycles. The minimum Gasteiger partial charge on any atom is -0.378 e. The van der Waals surface area contributed by atoms with Gasteiger partial charge in [-0.25, -0.2) is 19.9 Å². The number of amides is 1. The number of carbonyl (C=O) groups is 1. The number of halogens is 1. The van der Waals surface area contributed by atoms with Crippen LogP contribution in [0.5, 0.6) is 0 Å². The lowest BCUT2D eigenvalue weighted by atomic mass is 9.85. The molecule has 5 rings (SSSR count). The van der Waals surface area contributed by atoms with Crippen LogP contribution in [0.4, 0.5) is 17.5 Å². The molecule has 172 valence electrons. The molecule has 0 unspecified atom stereocenters. The second-order valence-electron chi connectivity index (χ2n) is 8.42. The van der Waals surface area contributed by atoms with Crippen LogP contribution < -0.4 is 10.6 Å². The Balaban J connectivity index is 1.24. The largest absolute Gasteiger partial charge is 0.378 e. The molecule has 0 bridgehead atoms. The van der Waals surface area contributed by atoms with Gasteiger partial charge < -0.3 is 20.3 Å². The van der Waals surface area contributed by atoms with Gasteiger partial charge in [0.1, 0.15) is 17.4 Å². The first kappa shape index (κ1) is 22.0. The summed E-state index contributed by atoms with van der Waals surface area (Å²) in [5, 5.41) is 6.77. The molecule has 3 heterocycles. The van der Waals surface area contributed by atoms with Crippen molar-refractivity contribution in [2.75, 3.05) is 36.9 Å². The van der Waals surface area contributed by atoms with E-state index in [0.717, 1.165) is 35.8 Å². The Morgan fingerprint density at radius 1 is 1.09 bits per heavy atom. The zero-order valence-corrected chi connectivity index (χ0v) is 19.8. The average molecular weight is 512 g/mol. The van der Waals surface area contributed by atoms with Gasteiger partial charge in [0, 0.05) is 35.2 Å². The molecular formula is C23H26BrN7O2. The molecule has 1 aliphatic carbocycles. The van der Waals surface area contributed by atoms with Crippen molar-refractivity contribution >= 4 is 50.3 Å². The summed E-state index contributed by atoms with van der Waals surface area (Å²) in [5.41, 5.74) is 2.24. The van der Waals surface area contributed by atoms with Crippen LogP contribution in [0.1, 0.15) is 25.7 Å². The summed E-state index contributed by atoms with van der Waals surface area (Å²) in [4.78, 5) is 32.6. The van der Waals surface area contributed by atoms with Gasteiger partial charge in [0.25, 0.3) is 0 Å². The maximum atomic E-state index is 12.8. The third-order valence-corrected chi connectivity index (χ3v) is 6.69. The molecule has 9 nitrogen and oxygen atoms in total. The lowest BCUT2D eigenvalue weighted by molar-refractivity contribution is -0.140. The number of nitrogens with one attached hydrogen (secondary N) is 2. The third-order valence-electron chi connectivity index (χ3n) is 6.20. The van der Waals surface area contributed by atoms with Crippen molar-refractivity contribution in [3.8, 4) is 0 Å². The Morgan fingerprint density at radius 2 is 1.91 bits per heavy atom. The molecule has 1 saturated carbocycles. The number of benzene rings is 1. The summed E-state index contributed by atoms with van der Waals surface area (Å²) in [5.74, 6) is 1.56. The van der Waals surface area contributed by atoms with E-state index in [0.29, 0.717) is 49.1 Å². The van der Waals surface area contributed by atoms with Crippen LogP contribution in [0.3, 0.4) is 0 Å². The first-order valence-electron chi connectivity index (χ1n) is 11.3. The Kier molecular flexibility index (Phi) is 6.63. The summed E-state index contributed by atoms with van der Waals surface area (Å²) >= 11 is 3.49. The number of hydrogen-bond acceptors (Lipinski definition) is 8. The number of hydrogen-bond donors (Lipinski definition) is 2. The van der Waals surface area contributed by atoms with E-state index in [9.17, 15) is 4.79 Å². The Bertz CT molecular complexity index is 1130. The van der Waals surface area contributed by atoms with Crippen LogP contribution in [0.15, 0.2) is 41.3 Å². The molecule has 0 atom stereocenters. The summed E-state index contributed by atoms with van der Waals surface area (Å²) in [6.45, 7) is 2.70. The number of anilines is 3. The summed E-state index contributed by atoms with van der Waals surface area (Å²) in [7, 11) is 0. The normalized spacial score (nSPS) is 21.1. The molecule has 0 spiro atoms. The van der Waals surface area contributed by atoms with Crippen LogP contribution in [-0.4, -0.2) is 63.1 Å². The van der Waals surface area contributed by atoms with Gasteiger partial charge >= 0.3 is 0 Å². The molecule has 2 aromatic heterocycles. The van der Waals surface area contributed by atoms with Crippen molar-refractivity contribution in [2.45, 2.75) is 31.7 Å². The Labute approximate surface area is 200 Å². The molecule has 1 aromatic carbocycles. The van der Waals surface area contributed by atoms with E-state index in [1.54, 1.807) is 6.20 Å². The predicted octanol–water partition coefficient (Wildman–Crippen LogP) is 3.76. The maximum absolute atomic E-state index is 12.8.